The average molecular weight is 295 g/mol. The zero-order chi connectivity index (χ0) is 14.5. The molecule has 1 amide bonds. The second-order valence-corrected chi connectivity index (χ2v) is 4.97. The molecule has 0 saturated heterocycles. The number of thiophene rings is 1. The Labute approximate surface area is 118 Å². The highest BCUT2D eigenvalue weighted by Crippen LogP contribution is 2.21. The highest BCUT2D eigenvalue weighted by atomic mass is 32.1. The maximum absolute atomic E-state index is 11.4. The molecule has 0 unspecified atom stereocenters. The number of carbonyl (C=O) groups excluding carboxylic acids is 2. The summed E-state index contributed by atoms with van der Waals surface area (Å²) in [6.45, 7) is 1.42. The molecule has 2 N–H and O–H groups in total. The lowest BCUT2D eigenvalue weighted by Gasteiger charge is -2.08. The molecule has 0 aliphatic heterocycles. The van der Waals surface area contributed by atoms with Gasteiger partial charge in [-0.25, -0.2) is 0 Å². The van der Waals surface area contributed by atoms with E-state index in [2.05, 4.69) is 10.1 Å². The van der Waals surface area contributed by atoms with Gasteiger partial charge in [-0.3, -0.25) is 9.59 Å². The van der Waals surface area contributed by atoms with E-state index in [0.29, 0.717) is 11.7 Å². The monoisotopic (exact) mass is 295 g/mol. The molecule has 0 radical (unpaired) electrons. The summed E-state index contributed by atoms with van der Waals surface area (Å²) < 4.78 is 9.85. The van der Waals surface area contributed by atoms with Gasteiger partial charge in [0.05, 0.1) is 11.3 Å². The lowest BCUT2D eigenvalue weighted by atomic mass is 10.3. The van der Waals surface area contributed by atoms with E-state index in [1.54, 1.807) is 0 Å². The van der Waals surface area contributed by atoms with Gasteiger partial charge in [0.2, 0.25) is 11.7 Å². The minimum atomic E-state index is -0.938. The number of primary amides is 1. The lowest BCUT2D eigenvalue weighted by Crippen LogP contribution is -2.30. The van der Waals surface area contributed by atoms with Gasteiger partial charge < -0.3 is 15.0 Å². The number of esters is 1. The molecule has 2 aromatic rings. The van der Waals surface area contributed by atoms with Crippen LogP contribution in [0.15, 0.2) is 22.0 Å². The molecule has 7 nitrogen and oxygen atoms in total. The van der Waals surface area contributed by atoms with Crippen molar-refractivity contribution in [1.82, 2.24) is 10.1 Å². The zero-order valence-corrected chi connectivity index (χ0v) is 11.6. The maximum Gasteiger partial charge on any atom is 0.307 e. The van der Waals surface area contributed by atoms with Crippen LogP contribution in [0.4, 0.5) is 0 Å². The summed E-state index contributed by atoms with van der Waals surface area (Å²) in [6, 6.07) is 3.76. The fraction of sp³-hybridized carbons (Fsp3) is 0.333. The molecule has 0 spiro atoms. The smallest absolute Gasteiger partial charge is 0.307 e. The van der Waals surface area contributed by atoms with Gasteiger partial charge in [0.15, 0.2) is 6.10 Å². The van der Waals surface area contributed by atoms with Crippen LogP contribution in [0.3, 0.4) is 0 Å². The van der Waals surface area contributed by atoms with Crippen LogP contribution >= 0.6 is 11.3 Å². The molecule has 2 heterocycles. The average Bonchev–Trinajstić information content (AvgIpc) is 3.07. The highest BCUT2D eigenvalue weighted by molar-refractivity contribution is 7.13. The molecule has 1 atom stereocenters. The second kappa shape index (κ2) is 6.29. The molecule has 0 bridgehead atoms. The van der Waals surface area contributed by atoms with Crippen LogP contribution in [0.1, 0.15) is 19.2 Å². The van der Waals surface area contributed by atoms with Crippen LogP contribution in [0, 0.1) is 0 Å². The van der Waals surface area contributed by atoms with Gasteiger partial charge in [-0.05, 0) is 18.4 Å². The molecule has 0 fully saturated rings. The van der Waals surface area contributed by atoms with Crippen molar-refractivity contribution in [3.8, 4) is 10.7 Å². The highest BCUT2D eigenvalue weighted by Gasteiger charge is 2.16. The topological polar surface area (TPSA) is 108 Å². The van der Waals surface area contributed by atoms with Gasteiger partial charge in [0, 0.05) is 6.42 Å². The molecule has 0 aliphatic rings. The van der Waals surface area contributed by atoms with Crippen LogP contribution in [0.25, 0.3) is 10.7 Å². The molecule has 0 saturated carbocycles. The summed E-state index contributed by atoms with van der Waals surface area (Å²) in [6.07, 6.45) is -0.640. The predicted octanol–water partition coefficient (Wildman–Crippen LogP) is 1.15. The third-order valence-electron chi connectivity index (χ3n) is 2.46. The summed E-state index contributed by atoms with van der Waals surface area (Å²) >= 11 is 1.50. The van der Waals surface area contributed by atoms with Crippen molar-refractivity contribution in [2.24, 2.45) is 5.73 Å². The minimum Gasteiger partial charge on any atom is -0.453 e. The van der Waals surface area contributed by atoms with Crippen molar-refractivity contribution in [2.45, 2.75) is 25.9 Å². The first kappa shape index (κ1) is 14.2. The summed E-state index contributed by atoms with van der Waals surface area (Å²) in [5.74, 6) is -0.380. The van der Waals surface area contributed by atoms with Crippen molar-refractivity contribution in [3.05, 3.63) is 23.4 Å². The Morgan fingerprint density at radius 3 is 3.00 bits per heavy atom. The molecule has 0 aliphatic carbocycles. The van der Waals surface area contributed by atoms with E-state index in [1.807, 2.05) is 17.5 Å². The maximum atomic E-state index is 11.4. The largest absolute Gasteiger partial charge is 0.453 e. The summed E-state index contributed by atoms with van der Waals surface area (Å²) in [5, 5.41) is 5.73. The number of amides is 1. The summed E-state index contributed by atoms with van der Waals surface area (Å²) in [7, 11) is 0. The van der Waals surface area contributed by atoms with E-state index in [4.69, 9.17) is 15.0 Å². The van der Waals surface area contributed by atoms with Crippen molar-refractivity contribution in [1.29, 1.82) is 0 Å². The number of ether oxygens (including phenoxy) is 1. The number of aryl methyl sites for hydroxylation is 1. The number of hydrogen-bond acceptors (Lipinski definition) is 7. The van der Waals surface area contributed by atoms with Crippen LogP contribution in [0.2, 0.25) is 0 Å². The van der Waals surface area contributed by atoms with Gasteiger partial charge in [0.1, 0.15) is 0 Å². The molecule has 0 aromatic carbocycles. The normalized spacial score (nSPS) is 12.1. The first-order valence-corrected chi connectivity index (χ1v) is 6.79. The standard InChI is InChI=1S/C12H13N3O4S/c1-7(11(13)17)18-10(16)5-4-9-14-12(15-19-9)8-3-2-6-20-8/h2-3,6-7H,4-5H2,1H3,(H2,13,17)/t7-/m1/s1. The number of nitrogens with two attached hydrogens (primary N) is 1. The third kappa shape index (κ3) is 3.64. The predicted molar refractivity (Wildman–Crippen MR) is 70.7 cm³/mol. The van der Waals surface area contributed by atoms with E-state index >= 15 is 0 Å². The van der Waals surface area contributed by atoms with Gasteiger partial charge in [-0.1, -0.05) is 11.2 Å². The molecule has 20 heavy (non-hydrogen) atoms. The number of aromatic nitrogens is 2. The molecular formula is C12H13N3O4S. The quantitative estimate of drug-likeness (QED) is 0.801. The lowest BCUT2D eigenvalue weighted by molar-refractivity contribution is -0.153. The van der Waals surface area contributed by atoms with Gasteiger partial charge in [0.25, 0.3) is 5.91 Å². The van der Waals surface area contributed by atoms with Crippen LogP contribution < -0.4 is 5.73 Å². The van der Waals surface area contributed by atoms with Gasteiger partial charge >= 0.3 is 5.97 Å². The molecule has 2 aromatic heterocycles. The first-order valence-electron chi connectivity index (χ1n) is 5.91. The van der Waals surface area contributed by atoms with Gasteiger partial charge in [-0.2, -0.15) is 4.98 Å². The third-order valence-corrected chi connectivity index (χ3v) is 3.33. The van der Waals surface area contributed by atoms with Crippen LogP contribution in [-0.4, -0.2) is 28.1 Å². The van der Waals surface area contributed by atoms with Crippen molar-refractivity contribution < 1.29 is 18.8 Å². The van der Waals surface area contributed by atoms with Crippen molar-refractivity contribution in [2.75, 3.05) is 0 Å². The van der Waals surface area contributed by atoms with Crippen LogP contribution in [-0.2, 0) is 20.7 Å². The van der Waals surface area contributed by atoms with E-state index < -0.39 is 18.0 Å². The zero-order valence-electron chi connectivity index (χ0n) is 10.7. The number of rotatable bonds is 6. The minimum absolute atomic E-state index is 0.0453. The molecular weight excluding hydrogens is 282 g/mol. The first-order chi connectivity index (χ1) is 9.56. The Hall–Kier alpha value is -2.22. The Kier molecular flexibility index (Phi) is 4.46. The fourth-order valence-corrected chi connectivity index (χ4v) is 2.03. The number of hydrogen-bond donors (Lipinski definition) is 1. The summed E-state index contributed by atoms with van der Waals surface area (Å²) in [4.78, 5) is 27.3. The van der Waals surface area contributed by atoms with Crippen molar-refractivity contribution >= 4 is 23.2 Å². The second-order valence-electron chi connectivity index (χ2n) is 4.02. The molecule has 106 valence electrons. The Bertz CT molecular complexity index is 594. The summed E-state index contributed by atoms with van der Waals surface area (Å²) in [5.41, 5.74) is 4.99. The van der Waals surface area contributed by atoms with Crippen LogP contribution in [0.5, 0.6) is 0 Å². The molecule has 2 rings (SSSR count). The Morgan fingerprint density at radius 2 is 2.35 bits per heavy atom. The number of carbonyl (C=O) groups is 2. The van der Waals surface area contributed by atoms with Gasteiger partial charge in [-0.15, -0.1) is 11.3 Å². The van der Waals surface area contributed by atoms with Crippen molar-refractivity contribution in [3.63, 3.8) is 0 Å². The number of nitrogens with zero attached hydrogens (tertiary/aromatic N) is 2. The molecule has 8 heteroatoms. The Morgan fingerprint density at radius 1 is 1.55 bits per heavy atom. The van der Waals surface area contributed by atoms with E-state index in [9.17, 15) is 9.59 Å². The SMILES string of the molecule is C[C@@H](OC(=O)CCc1nc(-c2cccs2)no1)C(N)=O. The van der Waals surface area contributed by atoms with E-state index in [0.717, 1.165) is 4.88 Å². The van der Waals surface area contributed by atoms with E-state index in [1.165, 1.54) is 18.3 Å². The van der Waals surface area contributed by atoms with E-state index in [-0.39, 0.29) is 12.8 Å². The fourth-order valence-electron chi connectivity index (χ4n) is 1.39. The Balaban J connectivity index is 1.86.